The monoisotopic (exact) mass is 442 g/mol. The number of hydrogen-bond acceptors (Lipinski definition) is 1. The normalized spacial score (nSPS) is 10.4. The summed E-state index contributed by atoms with van der Waals surface area (Å²) in [6.07, 6.45) is 1.05. The van der Waals surface area contributed by atoms with Crippen LogP contribution in [0.1, 0.15) is 31.9 Å². The van der Waals surface area contributed by atoms with E-state index in [2.05, 4.69) is 55.6 Å². The molecule has 6 heteroatoms. The first-order valence-corrected chi connectivity index (χ1v) is 14.9. The van der Waals surface area contributed by atoms with E-state index >= 15 is 0 Å². The maximum absolute atomic E-state index is 10.1. The second-order valence-corrected chi connectivity index (χ2v) is 10.4. The van der Waals surface area contributed by atoms with E-state index in [9.17, 15) is 4.79 Å². The van der Waals surface area contributed by atoms with E-state index in [0.29, 0.717) is 0 Å². The van der Waals surface area contributed by atoms with Crippen molar-refractivity contribution in [3.63, 3.8) is 0 Å². The van der Waals surface area contributed by atoms with Gasteiger partial charge in [0.25, 0.3) is 0 Å². The molecule has 1 aliphatic rings. The van der Waals surface area contributed by atoms with Crippen LogP contribution >= 0.6 is 18.6 Å². The smallest absolute Gasteiger partial charge is 0.0253 e. The van der Waals surface area contributed by atoms with Crippen LogP contribution in [0.5, 0.6) is 0 Å². The Kier molecular flexibility index (Phi) is 13.3. The van der Waals surface area contributed by atoms with Crippen LogP contribution < -0.4 is 0 Å². The number of benzene rings is 2. The molecule has 0 spiro atoms. The average Bonchev–Trinajstić information content (AvgIpc) is 2.95. The van der Waals surface area contributed by atoms with Crippen LogP contribution in [0.15, 0.2) is 42.5 Å². The Morgan fingerprint density at radius 3 is 2.08 bits per heavy atom. The summed E-state index contributed by atoms with van der Waals surface area (Å²) in [4.78, 5) is 10.1. The third-order valence-electron chi connectivity index (χ3n) is 3.30. The van der Waals surface area contributed by atoms with Crippen LogP contribution in [-0.2, 0) is 28.2 Å². The first-order chi connectivity index (χ1) is 12.2. The second kappa shape index (κ2) is 13.6. The van der Waals surface area contributed by atoms with E-state index in [4.69, 9.17) is 24.3 Å². The van der Waals surface area contributed by atoms with Crippen LogP contribution in [0.3, 0.4) is 0 Å². The molecule has 1 aliphatic carbocycles. The van der Waals surface area contributed by atoms with Gasteiger partial charge in [-0.3, -0.25) is 0 Å². The van der Waals surface area contributed by atoms with Gasteiger partial charge in [0, 0.05) is 14.9 Å². The second-order valence-electron chi connectivity index (χ2n) is 6.62. The summed E-state index contributed by atoms with van der Waals surface area (Å²) in [6, 6.07) is 18.1. The quantitative estimate of drug-likeness (QED) is 0.286. The van der Waals surface area contributed by atoms with E-state index in [1.165, 1.54) is 22.3 Å². The Morgan fingerprint density at radius 2 is 1.58 bits per heavy atom. The van der Waals surface area contributed by atoms with Gasteiger partial charge in [-0.25, -0.2) is 0 Å². The van der Waals surface area contributed by atoms with Gasteiger partial charge in [-0.05, 0) is 6.42 Å². The van der Waals surface area contributed by atoms with E-state index in [-0.39, 0.29) is 0 Å². The molecule has 1 amide bonds. The van der Waals surface area contributed by atoms with Crippen molar-refractivity contribution in [2.45, 2.75) is 40.3 Å². The molecule has 0 bridgehead atoms. The van der Waals surface area contributed by atoms with Gasteiger partial charge in [-0.15, -0.1) is 5.56 Å². The number of halogens is 2. The van der Waals surface area contributed by atoms with Crippen molar-refractivity contribution in [3.8, 4) is 11.1 Å². The van der Waals surface area contributed by atoms with Gasteiger partial charge < -0.3 is 10.5 Å². The number of hydrogen-bond donors (Lipinski definition) is 0. The zero-order valence-corrected chi connectivity index (χ0v) is 20.2. The third-order valence-corrected chi connectivity index (χ3v) is 3.30. The number of carbonyl (C=O) groups excluding carboxylic acids is 1. The van der Waals surface area contributed by atoms with Crippen molar-refractivity contribution in [1.82, 2.24) is 0 Å². The molecular formula is C20H26Cl2NOSiTi-2. The molecule has 0 fully saturated rings. The zero-order valence-electron chi connectivity index (χ0n) is 16.0. The molecule has 1 N–H and O–H groups in total. The first kappa shape index (κ1) is 25.4. The standard InChI is InChI=1S/C13H9.C5H11NO.C2H7Si.2ClH.Ti/c1-3-7-12-10(5-1)9-11-6-2-4-8-13(11)12;1-5(2,3)4(6)7;1-3-2;;;/h1-5,7-8H,9H2;1-3H3,(H2,6,7);3H,1-2H3;2*1H;/q-1;;;;;+2/p-3. The molecule has 2 aromatic rings. The van der Waals surface area contributed by atoms with E-state index in [1.54, 1.807) is 20.8 Å². The minimum absolute atomic E-state index is 0.472. The Balaban J connectivity index is 0.000000411. The summed E-state index contributed by atoms with van der Waals surface area (Å²) in [6.45, 7) is 9.59. The summed E-state index contributed by atoms with van der Waals surface area (Å²) in [5, 5.41) is 0. The molecule has 3 rings (SSSR count). The molecule has 2 nitrogen and oxygen atoms in total. The molecule has 0 atom stereocenters. The Labute approximate surface area is 177 Å². The fraction of sp³-hybridized carbons (Fsp3) is 0.350. The van der Waals surface area contributed by atoms with Crippen LogP contribution in [0, 0.1) is 11.5 Å². The number of fused-ring (bicyclic) bond motifs is 3. The predicted octanol–water partition coefficient (Wildman–Crippen LogP) is 6.56. The van der Waals surface area contributed by atoms with Crippen molar-refractivity contribution in [1.29, 1.82) is 0 Å². The fourth-order valence-electron chi connectivity index (χ4n) is 2.00. The third kappa shape index (κ3) is 9.38. The van der Waals surface area contributed by atoms with Crippen molar-refractivity contribution in [2.75, 3.05) is 0 Å². The minimum Gasteiger partial charge on any atom is -0.179 e. The maximum Gasteiger partial charge on any atom is -0.0253 e. The predicted molar refractivity (Wildman–Crippen MR) is 113 cm³/mol. The van der Waals surface area contributed by atoms with Crippen LogP contribution in [-0.4, -0.2) is 15.4 Å². The topological polar surface area (TPSA) is 40.9 Å². The molecule has 1 radical (unpaired) electrons. The molecule has 141 valence electrons. The van der Waals surface area contributed by atoms with Crippen molar-refractivity contribution < 1.29 is 21.8 Å². The van der Waals surface area contributed by atoms with Gasteiger partial charge in [0.05, 0.1) is 5.91 Å². The molecule has 2 aromatic carbocycles. The van der Waals surface area contributed by atoms with Gasteiger partial charge in [-0.1, -0.05) is 69.3 Å². The Morgan fingerprint density at radius 1 is 1.12 bits per heavy atom. The van der Waals surface area contributed by atoms with E-state index < -0.39 is 28.4 Å². The van der Waals surface area contributed by atoms with Crippen LogP contribution in [0.4, 0.5) is 0 Å². The van der Waals surface area contributed by atoms with Crippen molar-refractivity contribution in [3.05, 3.63) is 65.4 Å². The molecule has 26 heavy (non-hydrogen) atoms. The molecular weight excluding hydrogens is 417 g/mol. The first-order valence-electron chi connectivity index (χ1n) is 8.27. The molecule has 0 aliphatic heterocycles. The van der Waals surface area contributed by atoms with Gasteiger partial charge in [0.15, 0.2) is 0 Å². The number of rotatable bonds is 0. The van der Waals surface area contributed by atoms with Gasteiger partial charge in [0.1, 0.15) is 0 Å². The summed E-state index contributed by atoms with van der Waals surface area (Å²) < 4.78 is 0. The molecule has 0 unspecified atom stereocenters. The number of nitrogens with one attached hydrogen (secondary N) is 1. The van der Waals surface area contributed by atoms with Gasteiger partial charge in [0.2, 0.25) is 0 Å². The molecule has 0 saturated carbocycles. The summed E-state index contributed by atoms with van der Waals surface area (Å²) >= 11 is -0.556. The number of carbonyl (C=O) groups is 1. The van der Waals surface area contributed by atoms with Crippen molar-refractivity contribution >= 4 is 34.0 Å². The SMILES string of the molecule is CC(C)(C)C([NH-])=O.C[SiH]C.[Cl][Ti][Cl].[c-]1cccc2c1Cc1ccccc1-2. The van der Waals surface area contributed by atoms with Gasteiger partial charge >= 0.3 is 35.6 Å². The Hall–Kier alpha value is -0.579. The van der Waals surface area contributed by atoms with Crippen LogP contribution in [0.25, 0.3) is 16.9 Å². The average molecular weight is 443 g/mol. The Bertz CT molecular complexity index is 629. The van der Waals surface area contributed by atoms with E-state index in [1.807, 2.05) is 6.07 Å². The summed E-state index contributed by atoms with van der Waals surface area (Å²) in [7, 11) is 10.5. The molecule has 0 heterocycles. The van der Waals surface area contributed by atoms with Crippen LogP contribution in [0.2, 0.25) is 13.1 Å². The summed E-state index contributed by atoms with van der Waals surface area (Å²) in [5.74, 6) is -0.507. The molecule has 0 aromatic heterocycles. The zero-order chi connectivity index (χ0) is 20.2. The minimum atomic E-state index is -0.556. The molecule has 0 saturated heterocycles. The fourth-order valence-corrected chi connectivity index (χ4v) is 2.00. The summed E-state index contributed by atoms with van der Waals surface area (Å²) in [5.41, 5.74) is 11.6. The number of amides is 1. The van der Waals surface area contributed by atoms with Crippen molar-refractivity contribution in [2.24, 2.45) is 5.41 Å². The van der Waals surface area contributed by atoms with Gasteiger partial charge in [-0.2, -0.15) is 29.8 Å². The maximum atomic E-state index is 10.1. The van der Waals surface area contributed by atoms with E-state index in [0.717, 1.165) is 15.9 Å². The largest absolute Gasteiger partial charge is 0.179 e.